The first-order valence-corrected chi connectivity index (χ1v) is 9.99. The fraction of sp³-hybridized carbons (Fsp3) is 0.700. The molecule has 0 aromatic carbocycles. The monoisotopic (exact) mass is 359 g/mol. The first-order valence-electron chi connectivity index (χ1n) is 9.99. The molecule has 1 saturated carbocycles. The maximum atomic E-state index is 12.6. The second-order valence-electron chi connectivity index (χ2n) is 8.03. The van der Waals surface area contributed by atoms with E-state index in [1.807, 2.05) is 11.8 Å². The Morgan fingerprint density at radius 1 is 1.12 bits per heavy atom. The molecule has 1 aromatic heterocycles. The summed E-state index contributed by atoms with van der Waals surface area (Å²) in [5.41, 5.74) is 0.679. The minimum atomic E-state index is 0.0787. The van der Waals surface area contributed by atoms with Gasteiger partial charge < -0.3 is 14.6 Å². The van der Waals surface area contributed by atoms with E-state index >= 15 is 0 Å². The molecule has 3 fully saturated rings. The summed E-state index contributed by atoms with van der Waals surface area (Å²) < 4.78 is 5.27. The van der Waals surface area contributed by atoms with Gasteiger partial charge in [-0.25, -0.2) is 0 Å². The molecule has 0 radical (unpaired) electrons. The number of hydrogen-bond donors (Lipinski definition) is 1. The maximum absolute atomic E-state index is 12.6. The van der Waals surface area contributed by atoms with E-state index in [4.69, 9.17) is 4.42 Å². The lowest BCUT2D eigenvalue weighted by Gasteiger charge is -2.42. The number of nitrogens with zero attached hydrogens (tertiary/aromatic N) is 2. The van der Waals surface area contributed by atoms with E-state index in [0.717, 1.165) is 64.7 Å². The molecule has 3 heterocycles. The van der Waals surface area contributed by atoms with Gasteiger partial charge in [0, 0.05) is 31.7 Å². The van der Waals surface area contributed by atoms with Gasteiger partial charge in [-0.05, 0) is 58.1 Å². The van der Waals surface area contributed by atoms with Gasteiger partial charge >= 0.3 is 0 Å². The van der Waals surface area contributed by atoms with Crippen molar-refractivity contribution in [1.82, 2.24) is 15.1 Å². The normalized spacial score (nSPS) is 25.3. The van der Waals surface area contributed by atoms with Gasteiger partial charge in [-0.3, -0.25) is 14.5 Å². The van der Waals surface area contributed by atoms with Crippen LogP contribution in [0, 0.1) is 12.8 Å². The molecule has 1 unspecified atom stereocenters. The van der Waals surface area contributed by atoms with E-state index in [1.165, 1.54) is 0 Å². The summed E-state index contributed by atoms with van der Waals surface area (Å²) in [6, 6.07) is 2.69. The number of nitrogens with one attached hydrogen (secondary N) is 1. The summed E-state index contributed by atoms with van der Waals surface area (Å²) in [7, 11) is 0. The Morgan fingerprint density at radius 2 is 1.88 bits per heavy atom. The highest BCUT2D eigenvalue weighted by Gasteiger charge is 2.34. The Kier molecular flexibility index (Phi) is 5.02. The van der Waals surface area contributed by atoms with Gasteiger partial charge in [0.1, 0.15) is 5.76 Å². The third-order valence-electron chi connectivity index (χ3n) is 6.10. The Morgan fingerprint density at radius 3 is 2.54 bits per heavy atom. The number of piperidine rings is 2. The molecule has 26 heavy (non-hydrogen) atoms. The Labute approximate surface area is 154 Å². The van der Waals surface area contributed by atoms with Crippen LogP contribution in [0.25, 0.3) is 0 Å². The molecule has 6 heteroatoms. The first kappa shape index (κ1) is 17.6. The highest BCUT2D eigenvalue weighted by atomic mass is 16.3. The van der Waals surface area contributed by atoms with Gasteiger partial charge in [-0.1, -0.05) is 0 Å². The van der Waals surface area contributed by atoms with E-state index in [9.17, 15) is 9.59 Å². The molecule has 1 aliphatic carbocycles. The number of hydrogen-bond acceptors (Lipinski definition) is 4. The summed E-state index contributed by atoms with van der Waals surface area (Å²) in [5, 5.41) is 3.16. The predicted molar refractivity (Wildman–Crippen MR) is 97.8 cm³/mol. The molecule has 2 aliphatic heterocycles. The highest BCUT2D eigenvalue weighted by molar-refractivity contribution is 5.95. The SMILES string of the molecule is Cc1occc1C(=O)N1CCC(N2CCCC(C(=O)NC3CC3)C2)CC1. The molecule has 3 aliphatic rings. The molecule has 0 bridgehead atoms. The average Bonchev–Trinajstić information content (AvgIpc) is 3.39. The summed E-state index contributed by atoms with van der Waals surface area (Å²) in [4.78, 5) is 29.4. The molecule has 2 amide bonds. The van der Waals surface area contributed by atoms with Crippen LogP contribution in [-0.4, -0.2) is 59.9 Å². The van der Waals surface area contributed by atoms with Crippen LogP contribution in [0.2, 0.25) is 0 Å². The minimum absolute atomic E-state index is 0.0787. The number of likely N-dealkylation sites (tertiary alicyclic amines) is 2. The molecule has 2 saturated heterocycles. The zero-order valence-corrected chi connectivity index (χ0v) is 15.6. The van der Waals surface area contributed by atoms with Crippen LogP contribution in [0.4, 0.5) is 0 Å². The number of furan rings is 1. The number of carbonyl (C=O) groups excluding carboxylic acids is 2. The Balaban J connectivity index is 1.29. The minimum Gasteiger partial charge on any atom is -0.469 e. The topological polar surface area (TPSA) is 65.8 Å². The van der Waals surface area contributed by atoms with Crippen LogP contribution in [-0.2, 0) is 4.79 Å². The number of carbonyl (C=O) groups is 2. The number of amides is 2. The molecular weight excluding hydrogens is 330 g/mol. The largest absolute Gasteiger partial charge is 0.469 e. The molecule has 0 spiro atoms. The molecular formula is C20H29N3O3. The molecule has 1 aromatic rings. The molecule has 142 valence electrons. The quantitative estimate of drug-likeness (QED) is 0.895. The average molecular weight is 359 g/mol. The van der Waals surface area contributed by atoms with Crippen LogP contribution in [0.5, 0.6) is 0 Å². The maximum Gasteiger partial charge on any atom is 0.257 e. The molecule has 1 atom stereocenters. The van der Waals surface area contributed by atoms with Gasteiger partial charge in [0.15, 0.2) is 0 Å². The fourth-order valence-electron chi connectivity index (χ4n) is 4.31. The van der Waals surface area contributed by atoms with Crippen molar-refractivity contribution >= 4 is 11.8 Å². The van der Waals surface area contributed by atoms with Gasteiger partial charge in [-0.15, -0.1) is 0 Å². The zero-order valence-electron chi connectivity index (χ0n) is 15.6. The van der Waals surface area contributed by atoms with Gasteiger partial charge in [0.2, 0.25) is 5.91 Å². The van der Waals surface area contributed by atoms with E-state index < -0.39 is 0 Å². The van der Waals surface area contributed by atoms with Gasteiger partial charge in [0.25, 0.3) is 5.91 Å². The van der Waals surface area contributed by atoms with E-state index in [0.29, 0.717) is 23.4 Å². The third kappa shape index (κ3) is 3.80. The van der Waals surface area contributed by atoms with Crippen molar-refractivity contribution in [3.05, 3.63) is 23.7 Å². The number of rotatable bonds is 4. The predicted octanol–water partition coefficient (Wildman–Crippen LogP) is 2.18. The van der Waals surface area contributed by atoms with Crippen molar-refractivity contribution in [2.75, 3.05) is 26.2 Å². The number of aryl methyl sites for hydroxylation is 1. The fourth-order valence-corrected chi connectivity index (χ4v) is 4.31. The lowest BCUT2D eigenvalue weighted by molar-refractivity contribution is -0.127. The van der Waals surface area contributed by atoms with Crippen LogP contribution < -0.4 is 5.32 Å². The smallest absolute Gasteiger partial charge is 0.257 e. The van der Waals surface area contributed by atoms with Crippen molar-refractivity contribution in [3.8, 4) is 0 Å². The van der Waals surface area contributed by atoms with Crippen LogP contribution in [0.1, 0.15) is 54.6 Å². The van der Waals surface area contributed by atoms with Crippen molar-refractivity contribution < 1.29 is 14.0 Å². The van der Waals surface area contributed by atoms with Crippen molar-refractivity contribution in [3.63, 3.8) is 0 Å². The van der Waals surface area contributed by atoms with E-state index in [2.05, 4.69) is 10.2 Å². The van der Waals surface area contributed by atoms with E-state index in [1.54, 1.807) is 12.3 Å². The van der Waals surface area contributed by atoms with E-state index in [-0.39, 0.29) is 17.7 Å². The summed E-state index contributed by atoms with van der Waals surface area (Å²) in [6.45, 7) is 5.35. The van der Waals surface area contributed by atoms with Gasteiger partial charge in [-0.2, -0.15) is 0 Å². The van der Waals surface area contributed by atoms with Crippen LogP contribution >= 0.6 is 0 Å². The lowest BCUT2D eigenvalue weighted by atomic mass is 9.93. The Hall–Kier alpha value is -1.82. The molecule has 6 nitrogen and oxygen atoms in total. The zero-order chi connectivity index (χ0) is 18.1. The summed E-state index contributed by atoms with van der Waals surface area (Å²) in [6.07, 6.45) is 7.94. The molecule has 1 N–H and O–H groups in total. The highest BCUT2D eigenvalue weighted by Crippen LogP contribution is 2.26. The molecule has 4 rings (SSSR count). The van der Waals surface area contributed by atoms with Crippen molar-refractivity contribution in [2.45, 2.75) is 57.5 Å². The lowest BCUT2D eigenvalue weighted by Crippen LogP contribution is -2.51. The Bertz CT molecular complexity index is 659. The second kappa shape index (κ2) is 7.43. The second-order valence-corrected chi connectivity index (χ2v) is 8.03. The summed E-state index contributed by atoms with van der Waals surface area (Å²) >= 11 is 0. The summed E-state index contributed by atoms with van der Waals surface area (Å²) in [5.74, 6) is 1.16. The van der Waals surface area contributed by atoms with Crippen molar-refractivity contribution in [2.24, 2.45) is 5.92 Å². The standard InChI is InChI=1S/C20H29N3O3/c1-14-18(8-12-26-14)20(25)22-10-6-17(7-11-22)23-9-2-3-15(13-23)19(24)21-16-4-5-16/h8,12,15-17H,2-7,9-11,13H2,1H3,(H,21,24). The van der Waals surface area contributed by atoms with Crippen LogP contribution in [0.15, 0.2) is 16.7 Å². The first-order chi connectivity index (χ1) is 12.6. The van der Waals surface area contributed by atoms with Crippen LogP contribution in [0.3, 0.4) is 0 Å². The van der Waals surface area contributed by atoms with Crippen molar-refractivity contribution in [1.29, 1.82) is 0 Å². The third-order valence-corrected chi connectivity index (χ3v) is 6.10. The van der Waals surface area contributed by atoms with Gasteiger partial charge in [0.05, 0.1) is 17.7 Å².